The van der Waals surface area contributed by atoms with Crippen molar-refractivity contribution >= 4 is 11.8 Å². The third-order valence-electron chi connectivity index (χ3n) is 4.51. The lowest BCUT2D eigenvalue weighted by atomic mass is 10.1. The van der Waals surface area contributed by atoms with Gasteiger partial charge in [-0.15, -0.1) is 0 Å². The summed E-state index contributed by atoms with van der Waals surface area (Å²) in [6.07, 6.45) is 5.48. The molecule has 0 aliphatic carbocycles. The quantitative estimate of drug-likeness (QED) is 0.742. The lowest BCUT2D eigenvalue weighted by Crippen LogP contribution is -2.40. The van der Waals surface area contributed by atoms with Crippen molar-refractivity contribution in [2.45, 2.75) is 32.1 Å². The van der Waals surface area contributed by atoms with Gasteiger partial charge in [0.05, 0.1) is 13.2 Å². The summed E-state index contributed by atoms with van der Waals surface area (Å²) in [6.45, 7) is 5.09. The molecule has 2 aliphatic heterocycles. The Labute approximate surface area is 133 Å². The normalized spacial score (nSPS) is 23.6. The van der Waals surface area contributed by atoms with Gasteiger partial charge >= 0.3 is 0 Å². The number of nitrogens with one attached hydrogen (secondary N) is 1. The summed E-state index contributed by atoms with van der Waals surface area (Å²) in [5, 5.41) is 3.00. The van der Waals surface area contributed by atoms with Crippen LogP contribution in [-0.2, 0) is 14.3 Å². The number of carbonyl (C=O) groups is 2. The summed E-state index contributed by atoms with van der Waals surface area (Å²) >= 11 is 0. The zero-order valence-corrected chi connectivity index (χ0v) is 13.7. The van der Waals surface area contributed by atoms with Crippen LogP contribution in [-0.4, -0.2) is 74.6 Å². The predicted octanol–water partition coefficient (Wildman–Crippen LogP) is 0.474. The van der Waals surface area contributed by atoms with E-state index in [1.165, 1.54) is 25.7 Å². The molecular weight excluding hydrogens is 282 g/mol. The first-order valence-corrected chi connectivity index (χ1v) is 8.45. The SMILES string of the molecule is COCCN1CC(CNC(=O)CN2CCCCCC2)CC1=O. The Morgan fingerprint density at radius 3 is 2.68 bits per heavy atom. The van der Waals surface area contributed by atoms with Gasteiger partial charge in [0.2, 0.25) is 11.8 Å². The van der Waals surface area contributed by atoms with Crippen LogP contribution in [0.25, 0.3) is 0 Å². The van der Waals surface area contributed by atoms with Gasteiger partial charge < -0.3 is 15.0 Å². The number of methoxy groups -OCH3 is 1. The van der Waals surface area contributed by atoms with Gasteiger partial charge in [0.15, 0.2) is 0 Å². The molecule has 1 atom stereocenters. The van der Waals surface area contributed by atoms with E-state index < -0.39 is 0 Å². The fourth-order valence-corrected chi connectivity index (χ4v) is 3.22. The van der Waals surface area contributed by atoms with Gasteiger partial charge in [-0.05, 0) is 25.9 Å². The number of hydrogen-bond acceptors (Lipinski definition) is 4. The van der Waals surface area contributed by atoms with E-state index in [0.717, 1.165) is 19.6 Å². The smallest absolute Gasteiger partial charge is 0.234 e. The molecule has 2 heterocycles. The van der Waals surface area contributed by atoms with E-state index in [9.17, 15) is 9.59 Å². The van der Waals surface area contributed by atoms with Crippen molar-refractivity contribution in [1.29, 1.82) is 0 Å². The van der Waals surface area contributed by atoms with Gasteiger partial charge in [0.1, 0.15) is 0 Å². The average molecular weight is 311 g/mol. The number of amides is 2. The molecule has 6 heteroatoms. The largest absolute Gasteiger partial charge is 0.383 e. The van der Waals surface area contributed by atoms with Crippen LogP contribution in [0.4, 0.5) is 0 Å². The van der Waals surface area contributed by atoms with Crippen LogP contribution >= 0.6 is 0 Å². The minimum Gasteiger partial charge on any atom is -0.383 e. The third-order valence-corrected chi connectivity index (χ3v) is 4.51. The zero-order valence-electron chi connectivity index (χ0n) is 13.7. The van der Waals surface area contributed by atoms with E-state index in [1.54, 1.807) is 7.11 Å². The highest BCUT2D eigenvalue weighted by Crippen LogP contribution is 2.16. The Hall–Kier alpha value is -1.14. The maximum atomic E-state index is 12.0. The zero-order chi connectivity index (χ0) is 15.8. The van der Waals surface area contributed by atoms with E-state index in [1.807, 2.05) is 4.90 Å². The first-order chi connectivity index (χ1) is 10.7. The molecule has 2 amide bonds. The topological polar surface area (TPSA) is 61.9 Å². The molecule has 2 rings (SSSR count). The number of likely N-dealkylation sites (tertiary alicyclic amines) is 2. The minimum atomic E-state index is 0.0877. The number of carbonyl (C=O) groups excluding carboxylic acids is 2. The molecule has 2 fully saturated rings. The number of hydrogen-bond donors (Lipinski definition) is 1. The summed E-state index contributed by atoms with van der Waals surface area (Å²) < 4.78 is 5.01. The molecule has 1 unspecified atom stereocenters. The van der Waals surface area contributed by atoms with Crippen molar-refractivity contribution in [1.82, 2.24) is 15.1 Å². The molecule has 2 aliphatic rings. The molecule has 0 saturated carbocycles. The van der Waals surface area contributed by atoms with Crippen molar-refractivity contribution in [2.24, 2.45) is 5.92 Å². The molecule has 0 aromatic carbocycles. The highest BCUT2D eigenvalue weighted by molar-refractivity contribution is 5.80. The van der Waals surface area contributed by atoms with Crippen LogP contribution in [0.5, 0.6) is 0 Å². The number of rotatable bonds is 7. The van der Waals surface area contributed by atoms with Crippen molar-refractivity contribution in [2.75, 3.05) is 53.0 Å². The first-order valence-electron chi connectivity index (χ1n) is 8.45. The monoisotopic (exact) mass is 311 g/mol. The molecule has 0 radical (unpaired) electrons. The lowest BCUT2D eigenvalue weighted by Gasteiger charge is -2.20. The van der Waals surface area contributed by atoms with E-state index in [2.05, 4.69) is 10.2 Å². The Morgan fingerprint density at radius 2 is 2.00 bits per heavy atom. The van der Waals surface area contributed by atoms with E-state index >= 15 is 0 Å². The molecule has 2 saturated heterocycles. The molecule has 22 heavy (non-hydrogen) atoms. The number of nitrogens with zero attached hydrogens (tertiary/aromatic N) is 2. The maximum Gasteiger partial charge on any atom is 0.234 e. The fraction of sp³-hybridized carbons (Fsp3) is 0.875. The van der Waals surface area contributed by atoms with Crippen molar-refractivity contribution < 1.29 is 14.3 Å². The van der Waals surface area contributed by atoms with E-state index in [4.69, 9.17) is 4.74 Å². The van der Waals surface area contributed by atoms with Gasteiger partial charge in [-0.25, -0.2) is 0 Å². The summed E-state index contributed by atoms with van der Waals surface area (Å²) in [5.41, 5.74) is 0. The predicted molar refractivity (Wildman–Crippen MR) is 84.5 cm³/mol. The van der Waals surface area contributed by atoms with Crippen LogP contribution < -0.4 is 5.32 Å². The van der Waals surface area contributed by atoms with Crippen LogP contribution in [0, 0.1) is 5.92 Å². The van der Waals surface area contributed by atoms with Gasteiger partial charge in [0, 0.05) is 39.1 Å². The summed E-state index contributed by atoms with van der Waals surface area (Å²) in [5.74, 6) is 0.492. The van der Waals surface area contributed by atoms with Crippen molar-refractivity contribution in [3.8, 4) is 0 Å². The first kappa shape index (κ1) is 17.2. The van der Waals surface area contributed by atoms with Gasteiger partial charge in [-0.2, -0.15) is 0 Å². The fourth-order valence-electron chi connectivity index (χ4n) is 3.22. The Balaban J connectivity index is 1.65. The van der Waals surface area contributed by atoms with Crippen molar-refractivity contribution in [3.63, 3.8) is 0 Å². The van der Waals surface area contributed by atoms with Crippen LogP contribution in [0.2, 0.25) is 0 Å². The Morgan fingerprint density at radius 1 is 1.27 bits per heavy atom. The van der Waals surface area contributed by atoms with Crippen molar-refractivity contribution in [3.05, 3.63) is 0 Å². The van der Waals surface area contributed by atoms with E-state index in [-0.39, 0.29) is 17.7 Å². The Kier molecular flexibility index (Phi) is 7.12. The second kappa shape index (κ2) is 9.10. The van der Waals surface area contributed by atoms with Gasteiger partial charge in [-0.3, -0.25) is 14.5 Å². The lowest BCUT2D eigenvalue weighted by molar-refractivity contribution is -0.128. The molecule has 126 valence electrons. The average Bonchev–Trinajstić information content (AvgIpc) is 2.69. The van der Waals surface area contributed by atoms with Crippen LogP contribution in [0.3, 0.4) is 0 Å². The van der Waals surface area contributed by atoms with Crippen LogP contribution in [0.15, 0.2) is 0 Å². The molecule has 1 N–H and O–H groups in total. The standard InChI is InChI=1S/C16H29N3O3/c1-22-9-8-19-12-14(10-16(19)21)11-17-15(20)13-18-6-4-2-3-5-7-18/h14H,2-13H2,1H3,(H,17,20). The molecule has 0 aromatic rings. The molecular formula is C16H29N3O3. The van der Waals surface area contributed by atoms with Gasteiger partial charge in [0.25, 0.3) is 0 Å². The number of ether oxygens (including phenoxy) is 1. The second-order valence-corrected chi connectivity index (χ2v) is 6.40. The van der Waals surface area contributed by atoms with E-state index in [0.29, 0.717) is 32.7 Å². The maximum absolute atomic E-state index is 12.0. The van der Waals surface area contributed by atoms with Crippen LogP contribution in [0.1, 0.15) is 32.1 Å². The molecule has 6 nitrogen and oxygen atoms in total. The second-order valence-electron chi connectivity index (χ2n) is 6.40. The summed E-state index contributed by atoms with van der Waals surface area (Å²) in [4.78, 5) is 28.0. The molecule has 0 spiro atoms. The summed E-state index contributed by atoms with van der Waals surface area (Å²) in [6, 6.07) is 0. The highest BCUT2D eigenvalue weighted by atomic mass is 16.5. The molecule has 0 bridgehead atoms. The third kappa shape index (κ3) is 5.57. The highest BCUT2D eigenvalue weighted by Gasteiger charge is 2.29. The molecule has 0 aromatic heterocycles. The van der Waals surface area contributed by atoms with Gasteiger partial charge in [-0.1, -0.05) is 12.8 Å². The summed E-state index contributed by atoms with van der Waals surface area (Å²) in [7, 11) is 1.64. The Bertz CT molecular complexity index is 368. The minimum absolute atomic E-state index is 0.0877.